The first-order valence-corrected chi connectivity index (χ1v) is 8.91. The maximum atomic E-state index is 6.29. The van der Waals surface area contributed by atoms with Crippen molar-refractivity contribution in [3.8, 4) is 0 Å². The highest BCUT2D eigenvalue weighted by Gasteiger charge is 2.31. The predicted octanol–water partition coefficient (Wildman–Crippen LogP) is 4.61. The lowest BCUT2D eigenvalue weighted by atomic mass is 10.1. The molecule has 0 aliphatic carbocycles. The average Bonchev–Trinajstić information content (AvgIpc) is 2.07. The highest BCUT2D eigenvalue weighted by atomic mass is 28.3. The minimum Gasteiger partial charge on any atom is -0.388 e. The molecule has 0 aliphatic heterocycles. The maximum Gasteiger partial charge on any atom is 0.352 e. The SMILES string of the molecule is CC(C)/C=C(/C(C)C)[SiH](OC(C)(C)C)OC(C)(C)C. The number of hydrogen-bond donors (Lipinski definition) is 0. The van der Waals surface area contributed by atoms with Gasteiger partial charge in [-0.15, -0.1) is 0 Å². The molecule has 0 fully saturated rings. The summed E-state index contributed by atoms with van der Waals surface area (Å²) < 4.78 is 12.6. The van der Waals surface area contributed by atoms with E-state index in [1.54, 1.807) is 0 Å². The first-order chi connectivity index (χ1) is 8.32. The normalized spacial score (nSPS) is 14.9. The van der Waals surface area contributed by atoms with Gasteiger partial charge in [0, 0.05) is 0 Å². The summed E-state index contributed by atoms with van der Waals surface area (Å²) in [5, 5.41) is 1.37. The Morgan fingerprint density at radius 2 is 1.21 bits per heavy atom. The van der Waals surface area contributed by atoms with Crippen molar-refractivity contribution in [3.63, 3.8) is 0 Å². The minimum absolute atomic E-state index is 0.160. The van der Waals surface area contributed by atoms with Gasteiger partial charge in [0.15, 0.2) is 0 Å². The molecule has 2 nitrogen and oxygen atoms in total. The lowest BCUT2D eigenvalue weighted by molar-refractivity contribution is 0.0372. The molecular weight excluding hydrogens is 252 g/mol. The molecular formula is C16H34O2Si. The van der Waals surface area contributed by atoms with Crippen LogP contribution >= 0.6 is 0 Å². The third kappa shape index (κ3) is 9.42. The van der Waals surface area contributed by atoms with Crippen LogP contribution in [0.5, 0.6) is 0 Å². The predicted molar refractivity (Wildman–Crippen MR) is 86.6 cm³/mol. The van der Waals surface area contributed by atoms with Crippen LogP contribution in [0.4, 0.5) is 0 Å². The molecule has 0 N–H and O–H groups in total. The number of hydrogen-bond acceptors (Lipinski definition) is 2. The fourth-order valence-electron chi connectivity index (χ4n) is 1.73. The molecule has 0 heterocycles. The quantitative estimate of drug-likeness (QED) is 0.687. The number of rotatable bonds is 5. The van der Waals surface area contributed by atoms with Gasteiger partial charge in [0.25, 0.3) is 0 Å². The summed E-state index contributed by atoms with van der Waals surface area (Å²) in [6.07, 6.45) is 2.33. The van der Waals surface area contributed by atoms with Gasteiger partial charge in [-0.2, -0.15) is 0 Å². The van der Waals surface area contributed by atoms with Gasteiger partial charge in [-0.1, -0.05) is 33.8 Å². The highest BCUT2D eigenvalue weighted by Crippen LogP contribution is 2.25. The van der Waals surface area contributed by atoms with Crippen LogP contribution in [-0.2, 0) is 8.85 Å². The summed E-state index contributed by atoms with van der Waals surface area (Å²) >= 11 is 0. The van der Waals surface area contributed by atoms with Gasteiger partial charge in [0.05, 0.1) is 11.2 Å². The topological polar surface area (TPSA) is 18.5 Å². The molecule has 0 saturated carbocycles. The molecule has 0 spiro atoms. The van der Waals surface area contributed by atoms with E-state index >= 15 is 0 Å². The second kappa shape index (κ2) is 7.05. The summed E-state index contributed by atoms with van der Waals surface area (Å²) in [6, 6.07) is 0. The standard InChI is InChI=1S/C16H34O2Si/c1-12(2)11-14(13(3)4)19(17-15(5,6)7)18-16(8,9)10/h11-13,19H,1-10H3/b14-11-. The van der Waals surface area contributed by atoms with E-state index in [1.807, 2.05) is 0 Å². The molecule has 3 heteroatoms. The van der Waals surface area contributed by atoms with Crippen molar-refractivity contribution in [3.05, 3.63) is 11.3 Å². The second-order valence-corrected chi connectivity index (χ2v) is 9.66. The molecule has 0 aromatic rings. The second-order valence-electron chi connectivity index (χ2n) is 7.86. The molecule has 0 rings (SSSR count). The van der Waals surface area contributed by atoms with Crippen molar-refractivity contribution in [1.82, 2.24) is 0 Å². The Bertz CT molecular complexity index is 277. The third-order valence-corrected chi connectivity index (χ3v) is 5.63. The van der Waals surface area contributed by atoms with Crippen LogP contribution in [-0.4, -0.2) is 20.5 Å². The van der Waals surface area contributed by atoms with E-state index in [-0.39, 0.29) is 11.2 Å². The van der Waals surface area contributed by atoms with Crippen molar-refractivity contribution in [1.29, 1.82) is 0 Å². The van der Waals surface area contributed by atoms with Gasteiger partial charge in [-0.3, -0.25) is 0 Å². The van der Waals surface area contributed by atoms with Crippen LogP contribution in [0.2, 0.25) is 0 Å². The van der Waals surface area contributed by atoms with E-state index in [4.69, 9.17) is 8.85 Å². The molecule has 0 atom stereocenters. The largest absolute Gasteiger partial charge is 0.388 e. The van der Waals surface area contributed by atoms with E-state index in [0.29, 0.717) is 11.8 Å². The van der Waals surface area contributed by atoms with E-state index in [9.17, 15) is 0 Å². The molecule has 0 amide bonds. The zero-order chi connectivity index (χ0) is 15.4. The van der Waals surface area contributed by atoms with Crippen molar-refractivity contribution in [2.75, 3.05) is 0 Å². The number of allylic oxidation sites excluding steroid dienone is 2. The molecule has 0 unspecified atom stereocenters. The van der Waals surface area contributed by atoms with Crippen molar-refractivity contribution in [2.24, 2.45) is 11.8 Å². The fourth-order valence-corrected chi connectivity index (χ4v) is 4.42. The lowest BCUT2D eigenvalue weighted by Crippen LogP contribution is -2.41. The van der Waals surface area contributed by atoms with Crippen LogP contribution in [0, 0.1) is 11.8 Å². The van der Waals surface area contributed by atoms with Crippen LogP contribution in [0.1, 0.15) is 69.2 Å². The van der Waals surface area contributed by atoms with Crippen LogP contribution in [0.3, 0.4) is 0 Å². The summed E-state index contributed by atoms with van der Waals surface area (Å²) in [6.45, 7) is 21.5. The van der Waals surface area contributed by atoms with E-state index in [1.165, 1.54) is 5.20 Å². The molecule has 114 valence electrons. The first-order valence-electron chi connectivity index (χ1n) is 7.39. The first kappa shape index (κ1) is 18.9. The van der Waals surface area contributed by atoms with Crippen molar-refractivity contribution >= 4 is 9.28 Å². The maximum absolute atomic E-state index is 6.29. The Labute approximate surface area is 122 Å². The lowest BCUT2D eigenvalue weighted by Gasteiger charge is -2.34. The fraction of sp³-hybridized carbons (Fsp3) is 0.875. The summed E-state index contributed by atoms with van der Waals surface area (Å²) in [4.78, 5) is 0. The van der Waals surface area contributed by atoms with Gasteiger partial charge in [-0.25, -0.2) is 0 Å². The Balaban J connectivity index is 5.29. The zero-order valence-corrected chi connectivity index (χ0v) is 15.8. The van der Waals surface area contributed by atoms with Gasteiger partial charge in [0.1, 0.15) is 0 Å². The van der Waals surface area contributed by atoms with Gasteiger partial charge in [-0.05, 0) is 58.6 Å². The molecule has 0 aromatic carbocycles. The van der Waals surface area contributed by atoms with Crippen LogP contribution in [0.15, 0.2) is 11.3 Å². The monoisotopic (exact) mass is 286 g/mol. The molecule has 0 aliphatic rings. The van der Waals surface area contributed by atoms with Crippen molar-refractivity contribution < 1.29 is 8.85 Å². The Hall–Kier alpha value is -0.123. The summed E-state index contributed by atoms with van der Waals surface area (Å²) in [5.74, 6) is 1.00. The van der Waals surface area contributed by atoms with E-state index in [2.05, 4.69) is 75.3 Å². The third-order valence-electron chi connectivity index (χ3n) is 2.39. The Morgan fingerprint density at radius 1 is 0.842 bits per heavy atom. The van der Waals surface area contributed by atoms with Crippen LogP contribution < -0.4 is 0 Å². The molecule has 0 radical (unpaired) electrons. The highest BCUT2D eigenvalue weighted by molar-refractivity contribution is 6.54. The van der Waals surface area contributed by atoms with Crippen molar-refractivity contribution in [2.45, 2.75) is 80.4 Å². The Kier molecular flexibility index (Phi) is 7.00. The van der Waals surface area contributed by atoms with Gasteiger partial charge >= 0.3 is 9.28 Å². The smallest absolute Gasteiger partial charge is 0.352 e. The molecule has 0 saturated heterocycles. The van der Waals surface area contributed by atoms with E-state index < -0.39 is 9.28 Å². The summed E-state index contributed by atoms with van der Waals surface area (Å²) in [5.41, 5.74) is -0.319. The Morgan fingerprint density at radius 3 is 1.42 bits per heavy atom. The van der Waals surface area contributed by atoms with E-state index in [0.717, 1.165) is 0 Å². The van der Waals surface area contributed by atoms with Gasteiger partial charge in [0.2, 0.25) is 0 Å². The molecule has 19 heavy (non-hydrogen) atoms. The minimum atomic E-state index is -1.85. The molecule has 0 aromatic heterocycles. The summed E-state index contributed by atoms with van der Waals surface area (Å²) in [7, 11) is -1.85. The average molecular weight is 287 g/mol. The zero-order valence-electron chi connectivity index (χ0n) is 14.6. The van der Waals surface area contributed by atoms with Gasteiger partial charge < -0.3 is 8.85 Å². The van der Waals surface area contributed by atoms with Crippen LogP contribution in [0.25, 0.3) is 0 Å². The molecule has 0 bridgehead atoms.